The van der Waals surface area contributed by atoms with Crippen LogP contribution >= 0.6 is 0 Å². The molecule has 1 aliphatic rings. The summed E-state index contributed by atoms with van der Waals surface area (Å²) in [6.07, 6.45) is 3.24. The van der Waals surface area contributed by atoms with Gasteiger partial charge < -0.3 is 10.3 Å². The van der Waals surface area contributed by atoms with Gasteiger partial charge in [0, 0.05) is 31.5 Å². The molecule has 4 heteroatoms. The first-order valence-electron chi connectivity index (χ1n) is 3.97. The average molecular weight is 165 g/mol. The molecule has 0 aliphatic heterocycles. The third-order valence-corrected chi connectivity index (χ3v) is 2.43. The summed E-state index contributed by atoms with van der Waals surface area (Å²) in [5.41, 5.74) is 7.39. The lowest BCUT2D eigenvalue weighted by atomic mass is 10.1. The molecule has 0 spiro atoms. The number of aryl methyl sites for hydroxylation is 1. The van der Waals surface area contributed by atoms with Crippen LogP contribution in [0.3, 0.4) is 0 Å². The van der Waals surface area contributed by atoms with Crippen molar-refractivity contribution in [3.8, 4) is 0 Å². The Hall–Kier alpha value is -1.32. The fraction of sp³-hybridized carbons (Fsp3) is 0.500. The van der Waals surface area contributed by atoms with Gasteiger partial charge in [0.2, 0.25) is 5.91 Å². The molecule has 0 saturated carbocycles. The van der Waals surface area contributed by atoms with E-state index in [0.717, 1.165) is 17.8 Å². The number of imidazole rings is 1. The van der Waals surface area contributed by atoms with Crippen LogP contribution in [0.2, 0.25) is 0 Å². The lowest BCUT2D eigenvalue weighted by molar-refractivity contribution is -0.121. The quantitative estimate of drug-likeness (QED) is 0.616. The number of nitrogens with zero attached hydrogens (tertiary/aromatic N) is 2. The van der Waals surface area contributed by atoms with E-state index >= 15 is 0 Å². The van der Waals surface area contributed by atoms with E-state index in [9.17, 15) is 4.79 Å². The third-order valence-electron chi connectivity index (χ3n) is 2.43. The number of primary amides is 1. The zero-order chi connectivity index (χ0) is 8.72. The van der Waals surface area contributed by atoms with E-state index in [0.29, 0.717) is 6.42 Å². The molecule has 64 valence electrons. The number of carbonyl (C=O) groups excluding carboxylic acids is 1. The van der Waals surface area contributed by atoms with Crippen LogP contribution < -0.4 is 5.73 Å². The average Bonchev–Trinajstić information content (AvgIpc) is 2.53. The first-order chi connectivity index (χ1) is 5.68. The fourth-order valence-electron chi connectivity index (χ4n) is 1.68. The second kappa shape index (κ2) is 2.33. The lowest BCUT2D eigenvalue weighted by Crippen LogP contribution is -2.23. The molecule has 0 radical (unpaired) electrons. The van der Waals surface area contributed by atoms with Crippen molar-refractivity contribution in [1.29, 1.82) is 0 Å². The summed E-state index contributed by atoms with van der Waals surface area (Å²) in [6, 6.07) is 0. The smallest absolute Gasteiger partial charge is 0.221 e. The van der Waals surface area contributed by atoms with Gasteiger partial charge in [0.05, 0.1) is 12.0 Å². The monoisotopic (exact) mass is 165 g/mol. The van der Waals surface area contributed by atoms with Gasteiger partial charge in [0.25, 0.3) is 0 Å². The van der Waals surface area contributed by atoms with Crippen LogP contribution in [0, 0.1) is 5.92 Å². The summed E-state index contributed by atoms with van der Waals surface area (Å²) in [7, 11) is 1.94. The van der Waals surface area contributed by atoms with E-state index in [-0.39, 0.29) is 11.8 Å². The minimum absolute atomic E-state index is 0.0325. The third kappa shape index (κ3) is 0.913. The zero-order valence-electron chi connectivity index (χ0n) is 6.95. The molecule has 2 rings (SSSR count). The van der Waals surface area contributed by atoms with Crippen molar-refractivity contribution in [3.05, 3.63) is 17.7 Å². The maximum absolute atomic E-state index is 10.9. The molecule has 2 N–H and O–H groups in total. The Balaban J connectivity index is 2.28. The first kappa shape index (κ1) is 7.34. The summed E-state index contributed by atoms with van der Waals surface area (Å²) >= 11 is 0. The molecule has 1 aliphatic carbocycles. The van der Waals surface area contributed by atoms with Crippen LogP contribution in [-0.4, -0.2) is 15.5 Å². The summed E-state index contributed by atoms with van der Waals surface area (Å²) in [5.74, 6) is -0.247. The van der Waals surface area contributed by atoms with E-state index in [4.69, 9.17) is 5.73 Å². The first-order valence-corrected chi connectivity index (χ1v) is 3.97. The Morgan fingerprint density at radius 2 is 2.50 bits per heavy atom. The minimum Gasteiger partial charge on any atom is -0.369 e. The molecular weight excluding hydrogens is 154 g/mol. The molecule has 0 bridgehead atoms. The Morgan fingerprint density at radius 3 is 3.08 bits per heavy atom. The van der Waals surface area contributed by atoms with E-state index in [2.05, 4.69) is 4.98 Å². The molecule has 0 aromatic carbocycles. The van der Waals surface area contributed by atoms with Gasteiger partial charge in [-0.1, -0.05) is 0 Å². The Kier molecular flexibility index (Phi) is 1.43. The van der Waals surface area contributed by atoms with E-state index in [1.807, 2.05) is 11.6 Å². The summed E-state index contributed by atoms with van der Waals surface area (Å²) in [6.45, 7) is 0. The van der Waals surface area contributed by atoms with Crippen molar-refractivity contribution >= 4 is 5.91 Å². The summed E-state index contributed by atoms with van der Waals surface area (Å²) in [4.78, 5) is 15.0. The normalized spacial score (nSPS) is 20.9. The number of hydrogen-bond acceptors (Lipinski definition) is 2. The number of carbonyl (C=O) groups is 1. The van der Waals surface area contributed by atoms with Crippen LogP contribution in [-0.2, 0) is 24.7 Å². The largest absolute Gasteiger partial charge is 0.369 e. The summed E-state index contributed by atoms with van der Waals surface area (Å²) < 4.78 is 1.96. The van der Waals surface area contributed by atoms with Gasteiger partial charge in [-0.05, 0) is 0 Å². The molecule has 0 saturated heterocycles. The van der Waals surface area contributed by atoms with Gasteiger partial charge in [-0.15, -0.1) is 0 Å². The maximum Gasteiger partial charge on any atom is 0.221 e. The molecule has 4 nitrogen and oxygen atoms in total. The molecular formula is C8H11N3O. The second-order valence-corrected chi connectivity index (χ2v) is 3.26. The molecule has 1 aromatic rings. The van der Waals surface area contributed by atoms with Crippen LogP contribution in [0.5, 0.6) is 0 Å². The number of amides is 1. The van der Waals surface area contributed by atoms with Crippen molar-refractivity contribution in [3.63, 3.8) is 0 Å². The predicted molar refractivity (Wildman–Crippen MR) is 43.3 cm³/mol. The van der Waals surface area contributed by atoms with E-state index in [1.54, 1.807) is 6.33 Å². The van der Waals surface area contributed by atoms with Crippen molar-refractivity contribution in [2.24, 2.45) is 18.7 Å². The molecule has 12 heavy (non-hydrogen) atoms. The van der Waals surface area contributed by atoms with Crippen molar-refractivity contribution in [1.82, 2.24) is 9.55 Å². The van der Waals surface area contributed by atoms with Gasteiger partial charge >= 0.3 is 0 Å². The number of aromatic nitrogens is 2. The molecule has 1 aromatic heterocycles. The Morgan fingerprint density at radius 1 is 1.75 bits per heavy atom. The fourth-order valence-corrected chi connectivity index (χ4v) is 1.68. The Bertz CT molecular complexity index is 329. The van der Waals surface area contributed by atoms with Crippen LogP contribution in [0.1, 0.15) is 11.4 Å². The highest BCUT2D eigenvalue weighted by molar-refractivity contribution is 5.78. The van der Waals surface area contributed by atoms with Crippen molar-refractivity contribution in [2.75, 3.05) is 0 Å². The van der Waals surface area contributed by atoms with Crippen LogP contribution in [0.15, 0.2) is 6.33 Å². The molecule has 1 heterocycles. The Labute approximate surface area is 70.4 Å². The number of hydrogen-bond donors (Lipinski definition) is 1. The maximum atomic E-state index is 10.9. The van der Waals surface area contributed by atoms with Gasteiger partial charge in [0.15, 0.2) is 0 Å². The van der Waals surface area contributed by atoms with Gasteiger partial charge in [0.1, 0.15) is 0 Å². The standard InChI is InChI=1S/C8H11N3O/c1-11-4-10-6-2-5(8(9)12)3-7(6)11/h4-5H,2-3H2,1H3,(H2,9,12). The van der Waals surface area contributed by atoms with Gasteiger partial charge in [-0.2, -0.15) is 0 Å². The number of nitrogens with two attached hydrogens (primary N) is 1. The van der Waals surface area contributed by atoms with E-state index in [1.165, 1.54) is 0 Å². The molecule has 1 atom stereocenters. The predicted octanol–water partition coefficient (Wildman–Crippen LogP) is -0.380. The van der Waals surface area contributed by atoms with Crippen molar-refractivity contribution in [2.45, 2.75) is 12.8 Å². The van der Waals surface area contributed by atoms with Gasteiger partial charge in [-0.25, -0.2) is 4.98 Å². The topological polar surface area (TPSA) is 60.9 Å². The molecule has 1 unspecified atom stereocenters. The molecule has 0 fully saturated rings. The van der Waals surface area contributed by atoms with Crippen LogP contribution in [0.4, 0.5) is 0 Å². The number of rotatable bonds is 1. The van der Waals surface area contributed by atoms with Crippen molar-refractivity contribution < 1.29 is 4.79 Å². The summed E-state index contributed by atoms with van der Waals surface area (Å²) in [5, 5.41) is 0. The highest BCUT2D eigenvalue weighted by Gasteiger charge is 2.28. The minimum atomic E-state index is -0.215. The highest BCUT2D eigenvalue weighted by Crippen LogP contribution is 2.24. The lowest BCUT2D eigenvalue weighted by Gasteiger charge is -2.02. The van der Waals surface area contributed by atoms with E-state index < -0.39 is 0 Å². The zero-order valence-corrected chi connectivity index (χ0v) is 6.95. The number of fused-ring (bicyclic) bond motifs is 1. The molecule has 1 amide bonds. The highest BCUT2D eigenvalue weighted by atomic mass is 16.1. The van der Waals surface area contributed by atoms with Crippen LogP contribution in [0.25, 0.3) is 0 Å². The SMILES string of the molecule is Cn1cnc2c1CC(C(N)=O)C2. The van der Waals surface area contributed by atoms with Gasteiger partial charge in [-0.3, -0.25) is 4.79 Å². The second-order valence-electron chi connectivity index (χ2n) is 3.26.